The van der Waals surface area contributed by atoms with Crippen molar-refractivity contribution in [2.24, 2.45) is 0 Å². The lowest BCUT2D eigenvalue weighted by Gasteiger charge is -2.42. The van der Waals surface area contributed by atoms with Crippen LogP contribution >= 0.6 is 0 Å². The van der Waals surface area contributed by atoms with E-state index in [-0.39, 0.29) is 5.75 Å². The Morgan fingerprint density at radius 3 is 2.52 bits per heavy atom. The third-order valence-electron chi connectivity index (χ3n) is 4.04. The number of hydrogen-bond donors (Lipinski definition) is 1. The number of hydrogen-bond acceptors (Lipinski definition) is 2. The van der Waals surface area contributed by atoms with Crippen LogP contribution in [0.25, 0.3) is 0 Å². The van der Waals surface area contributed by atoms with E-state index in [0.29, 0.717) is 18.4 Å². The first-order chi connectivity index (χ1) is 13.0. The topological polar surface area (TPSA) is 29.5 Å². The molecule has 1 aliphatic rings. The van der Waals surface area contributed by atoms with E-state index in [1.165, 1.54) is 38.4 Å². The van der Waals surface area contributed by atoms with Crippen LogP contribution in [0.2, 0.25) is 0 Å². The van der Waals surface area contributed by atoms with E-state index in [1.807, 2.05) is 0 Å². The molecule has 0 heterocycles. The van der Waals surface area contributed by atoms with Crippen molar-refractivity contribution in [2.75, 3.05) is 34.6 Å². The lowest BCUT2D eigenvalue weighted by molar-refractivity contribution is -0.872. The predicted molar refractivity (Wildman–Crippen MR) is 86.7 cm³/mol. The van der Waals surface area contributed by atoms with Gasteiger partial charge in [0.1, 0.15) is 5.75 Å². The summed E-state index contributed by atoms with van der Waals surface area (Å²) in [6.07, 6.45) is 3.12. The minimum atomic E-state index is -2.64. The first-order valence-electron chi connectivity index (χ1n) is 11.4. The Balaban J connectivity index is 2.54. The lowest BCUT2D eigenvalue weighted by Crippen LogP contribution is -2.48. The molecule has 118 valence electrons. The molecule has 0 radical (unpaired) electrons. The molecular weight excluding hydrogens is 262 g/mol. The monoisotopic (exact) mass is 300 g/mol. The van der Waals surface area contributed by atoms with Crippen LogP contribution in [0.15, 0.2) is 24.3 Å². The zero-order chi connectivity index (χ0) is 22.3. The van der Waals surface area contributed by atoms with Crippen LogP contribution in [0.3, 0.4) is 0 Å². The zero-order valence-electron chi connectivity index (χ0n) is 20.7. The Morgan fingerprint density at radius 2 is 1.95 bits per heavy atom. The standard InChI is InChI=1S/C18H30NO2/c1-19(2,3)14-17(18(20)12-6-5-7-13-18)15-8-10-16(21-4)11-9-15/h8-11,17,20H,5-7,12-14H2,1-4H3/q+1/i1D3,4D3,14D2. The highest BCUT2D eigenvalue weighted by atomic mass is 16.5. The van der Waals surface area contributed by atoms with E-state index in [1.54, 1.807) is 0 Å². The molecule has 1 fully saturated rings. The van der Waals surface area contributed by atoms with Gasteiger partial charge in [-0.05, 0) is 30.5 Å². The fraction of sp³-hybridized carbons (Fsp3) is 0.667. The fourth-order valence-corrected chi connectivity index (χ4v) is 3.01. The second-order valence-electron chi connectivity index (χ2n) is 6.35. The molecule has 1 aromatic rings. The third kappa shape index (κ3) is 4.21. The van der Waals surface area contributed by atoms with Crippen molar-refractivity contribution in [1.82, 2.24) is 0 Å². The summed E-state index contributed by atoms with van der Waals surface area (Å²) in [4.78, 5) is 0. The first kappa shape index (κ1) is 8.54. The molecule has 3 nitrogen and oxygen atoms in total. The Hall–Kier alpha value is -1.06. The van der Waals surface area contributed by atoms with Gasteiger partial charge in [0.15, 0.2) is 0 Å². The van der Waals surface area contributed by atoms with Crippen molar-refractivity contribution in [1.29, 1.82) is 0 Å². The molecule has 21 heavy (non-hydrogen) atoms. The fourth-order valence-electron chi connectivity index (χ4n) is 3.01. The summed E-state index contributed by atoms with van der Waals surface area (Å²) in [6.45, 7) is -4.97. The Morgan fingerprint density at radius 1 is 1.29 bits per heavy atom. The lowest BCUT2D eigenvalue weighted by atomic mass is 9.72. The van der Waals surface area contributed by atoms with E-state index in [2.05, 4.69) is 0 Å². The number of nitrogens with zero attached hydrogens (tertiary/aromatic N) is 1. The number of quaternary nitrogens is 1. The van der Waals surface area contributed by atoms with Crippen molar-refractivity contribution in [2.45, 2.75) is 43.6 Å². The van der Waals surface area contributed by atoms with Gasteiger partial charge >= 0.3 is 0 Å². The maximum atomic E-state index is 11.4. The van der Waals surface area contributed by atoms with Crippen molar-refractivity contribution < 1.29 is 25.3 Å². The highest BCUT2D eigenvalue weighted by molar-refractivity contribution is 5.31. The van der Waals surface area contributed by atoms with Crippen molar-refractivity contribution >= 4 is 0 Å². The second-order valence-corrected chi connectivity index (χ2v) is 6.35. The van der Waals surface area contributed by atoms with Gasteiger partial charge in [0.25, 0.3) is 0 Å². The molecule has 1 saturated carbocycles. The molecule has 1 aromatic carbocycles. The van der Waals surface area contributed by atoms with Gasteiger partial charge in [-0.25, -0.2) is 0 Å². The highest BCUT2D eigenvalue weighted by Crippen LogP contribution is 2.41. The molecule has 0 aliphatic heterocycles. The summed E-state index contributed by atoms with van der Waals surface area (Å²) in [7, 11) is -0.00613. The van der Waals surface area contributed by atoms with Gasteiger partial charge in [-0.3, -0.25) is 0 Å². The van der Waals surface area contributed by atoms with Crippen LogP contribution in [0, 0.1) is 0 Å². The molecule has 1 N–H and O–H groups in total. The summed E-state index contributed by atoms with van der Waals surface area (Å²) in [5, 5.41) is 11.4. The quantitative estimate of drug-likeness (QED) is 0.846. The van der Waals surface area contributed by atoms with E-state index >= 15 is 0 Å². The van der Waals surface area contributed by atoms with Gasteiger partial charge in [-0.15, -0.1) is 0 Å². The number of likely N-dealkylation sites (N-methyl/N-ethyl adjacent to an activating group) is 1. The van der Waals surface area contributed by atoms with Gasteiger partial charge in [-0.2, -0.15) is 0 Å². The summed E-state index contributed by atoms with van der Waals surface area (Å²) in [6, 6.07) is 5.84. The summed E-state index contributed by atoms with van der Waals surface area (Å²) >= 11 is 0. The predicted octanol–water partition coefficient (Wildman–Crippen LogP) is 3.18. The minimum Gasteiger partial charge on any atom is -0.497 e. The van der Waals surface area contributed by atoms with E-state index in [9.17, 15) is 5.11 Å². The molecule has 0 aromatic heterocycles. The first-order valence-corrected chi connectivity index (χ1v) is 7.37. The zero-order valence-corrected chi connectivity index (χ0v) is 12.7. The van der Waals surface area contributed by atoms with Crippen LogP contribution in [-0.4, -0.2) is 49.8 Å². The van der Waals surface area contributed by atoms with Crippen LogP contribution in [-0.2, 0) is 0 Å². The number of benzene rings is 1. The van der Waals surface area contributed by atoms with Crippen LogP contribution < -0.4 is 4.74 Å². The summed E-state index contributed by atoms with van der Waals surface area (Å²) in [5.41, 5.74) is -0.998. The van der Waals surface area contributed by atoms with Crippen molar-refractivity contribution in [3.05, 3.63) is 29.8 Å². The normalized spacial score (nSPS) is 27.6. The van der Waals surface area contributed by atoms with Gasteiger partial charge < -0.3 is 14.3 Å². The van der Waals surface area contributed by atoms with Crippen LogP contribution in [0.4, 0.5) is 0 Å². The molecule has 0 spiro atoms. The molecule has 0 saturated heterocycles. The molecular formula is C18H30NO2+. The average Bonchev–Trinajstić information content (AvgIpc) is 2.54. The van der Waals surface area contributed by atoms with E-state index in [0.717, 1.165) is 19.3 Å². The second kappa shape index (κ2) is 6.37. The molecule has 0 bridgehead atoms. The molecule has 0 amide bonds. The summed E-state index contributed by atoms with van der Waals surface area (Å²) in [5.74, 6) is -1.03. The molecule has 3 heteroatoms. The van der Waals surface area contributed by atoms with Crippen LogP contribution in [0.1, 0.15) is 54.6 Å². The molecule has 1 atom stereocenters. The van der Waals surface area contributed by atoms with E-state index in [4.69, 9.17) is 15.7 Å². The maximum Gasteiger partial charge on any atom is 0.118 e. The largest absolute Gasteiger partial charge is 0.497 e. The van der Waals surface area contributed by atoms with Gasteiger partial charge in [-0.1, -0.05) is 31.4 Å². The Bertz CT molecular complexity index is 691. The Labute approximate surface area is 140 Å². The third-order valence-corrected chi connectivity index (χ3v) is 4.04. The van der Waals surface area contributed by atoms with Crippen molar-refractivity contribution in [3.63, 3.8) is 0 Å². The van der Waals surface area contributed by atoms with E-state index < -0.39 is 36.5 Å². The number of rotatable bonds is 5. The van der Waals surface area contributed by atoms with Crippen molar-refractivity contribution in [3.8, 4) is 5.75 Å². The Kier molecular flexibility index (Phi) is 2.59. The average molecular weight is 300 g/mol. The molecule has 2 rings (SSSR count). The molecule has 1 unspecified atom stereocenters. The van der Waals surface area contributed by atoms with Gasteiger partial charge in [0, 0.05) is 0 Å². The molecule has 1 aliphatic carbocycles. The number of ether oxygens (including phenoxy) is 1. The SMILES string of the molecule is [2H]C([2H])([2H])Oc1ccc(C(C2(O)CCCCC2)C([2H])([2H])[N+](C)(C)C([2H])([2H])[2H])cc1. The number of methoxy groups -OCH3 is 1. The van der Waals surface area contributed by atoms with Crippen LogP contribution in [0.5, 0.6) is 5.75 Å². The smallest absolute Gasteiger partial charge is 0.118 e. The highest BCUT2D eigenvalue weighted by Gasteiger charge is 2.41. The maximum absolute atomic E-state index is 11.4. The number of aliphatic hydroxyl groups is 1. The van der Waals surface area contributed by atoms with Gasteiger partial charge in [0.2, 0.25) is 0 Å². The van der Waals surface area contributed by atoms with Gasteiger partial charge in [0.05, 0.1) is 57.1 Å². The minimum absolute atomic E-state index is 0.0910. The summed E-state index contributed by atoms with van der Waals surface area (Å²) < 4.78 is 66.8.